The number of halogens is 4. The molecule has 0 radical (unpaired) electrons. The molecular weight excluding hydrogens is 333 g/mol. The highest BCUT2D eigenvalue weighted by Crippen LogP contribution is 2.30. The van der Waals surface area contributed by atoms with Gasteiger partial charge in [0.15, 0.2) is 11.4 Å². The number of carbonyl (C=O) groups is 1. The van der Waals surface area contributed by atoms with E-state index < -0.39 is 23.5 Å². The smallest absolute Gasteiger partial charge is 0.435 e. The Kier molecular flexibility index (Phi) is 3.52. The first-order valence-corrected chi connectivity index (χ1v) is 6.74. The van der Waals surface area contributed by atoms with Gasteiger partial charge >= 0.3 is 12.1 Å². The molecule has 0 atom stereocenters. The van der Waals surface area contributed by atoms with Crippen molar-refractivity contribution in [1.29, 1.82) is 0 Å². The molecule has 1 aromatic heterocycles. The van der Waals surface area contributed by atoms with Gasteiger partial charge < -0.3 is 5.11 Å². The molecule has 3 aromatic rings. The lowest BCUT2D eigenvalue weighted by Crippen LogP contribution is -2.09. The van der Waals surface area contributed by atoms with Gasteiger partial charge in [-0.05, 0) is 35.0 Å². The summed E-state index contributed by atoms with van der Waals surface area (Å²) in [5, 5.41) is 14.5. The van der Waals surface area contributed by atoms with Gasteiger partial charge in [-0.15, -0.1) is 0 Å². The molecule has 3 rings (SSSR count). The van der Waals surface area contributed by atoms with E-state index >= 15 is 0 Å². The van der Waals surface area contributed by atoms with Crippen molar-refractivity contribution in [2.24, 2.45) is 0 Å². The summed E-state index contributed by atoms with van der Waals surface area (Å²) < 4.78 is 39.1. The van der Waals surface area contributed by atoms with Crippen LogP contribution in [-0.4, -0.2) is 20.9 Å². The summed E-state index contributed by atoms with van der Waals surface area (Å²) in [7, 11) is 0. The molecule has 1 heterocycles. The molecule has 0 bridgehead atoms. The average Bonchev–Trinajstić information content (AvgIpc) is 2.92. The summed E-state index contributed by atoms with van der Waals surface area (Å²) in [6, 6.07) is 10.2. The molecule has 0 aliphatic heterocycles. The summed E-state index contributed by atoms with van der Waals surface area (Å²) in [4.78, 5) is 11.2. The predicted octanol–water partition coefficient (Wildman–Crippen LogP) is 4.40. The second kappa shape index (κ2) is 5.27. The van der Waals surface area contributed by atoms with Gasteiger partial charge in [-0.2, -0.15) is 18.3 Å². The van der Waals surface area contributed by atoms with E-state index in [0.717, 1.165) is 10.1 Å². The fraction of sp³-hybridized carbons (Fsp3) is 0.0667. The molecule has 0 unspecified atom stereocenters. The molecule has 8 heteroatoms. The number of hydrogen-bond acceptors (Lipinski definition) is 2. The standard InChI is InChI=1S/C15H8ClF3N2O2/c16-10-3-1-9-6-11(4-2-8(9)5-10)21-12(14(22)23)7-13(20-21)15(17,18)19/h1-7H,(H,22,23). The van der Waals surface area contributed by atoms with Crippen LogP contribution in [0.5, 0.6) is 0 Å². The summed E-state index contributed by atoms with van der Waals surface area (Å²) in [6.45, 7) is 0. The lowest BCUT2D eigenvalue weighted by molar-refractivity contribution is -0.141. The topological polar surface area (TPSA) is 55.1 Å². The highest BCUT2D eigenvalue weighted by Gasteiger charge is 2.36. The van der Waals surface area contributed by atoms with Crippen LogP contribution in [0.3, 0.4) is 0 Å². The van der Waals surface area contributed by atoms with Gasteiger partial charge in [-0.1, -0.05) is 23.7 Å². The zero-order chi connectivity index (χ0) is 16.8. The van der Waals surface area contributed by atoms with Crippen LogP contribution in [-0.2, 0) is 6.18 Å². The normalized spacial score (nSPS) is 11.8. The van der Waals surface area contributed by atoms with Crippen molar-refractivity contribution in [2.45, 2.75) is 6.18 Å². The maximum absolute atomic E-state index is 12.8. The van der Waals surface area contributed by atoms with E-state index in [2.05, 4.69) is 5.10 Å². The lowest BCUT2D eigenvalue weighted by atomic mass is 10.1. The van der Waals surface area contributed by atoms with Crippen LogP contribution in [0.2, 0.25) is 5.02 Å². The van der Waals surface area contributed by atoms with Gasteiger partial charge in [0.25, 0.3) is 0 Å². The van der Waals surface area contributed by atoms with Gasteiger partial charge in [0.05, 0.1) is 5.69 Å². The van der Waals surface area contributed by atoms with Crippen molar-refractivity contribution in [3.05, 3.63) is 58.9 Å². The van der Waals surface area contributed by atoms with Gasteiger partial charge in [0.2, 0.25) is 0 Å². The molecule has 0 spiro atoms. The quantitative estimate of drug-likeness (QED) is 0.752. The van der Waals surface area contributed by atoms with E-state index in [1.165, 1.54) is 6.07 Å². The van der Waals surface area contributed by atoms with Crippen molar-refractivity contribution in [2.75, 3.05) is 0 Å². The van der Waals surface area contributed by atoms with Crippen LogP contribution in [0.1, 0.15) is 16.2 Å². The minimum atomic E-state index is -4.72. The minimum Gasteiger partial charge on any atom is -0.477 e. The van der Waals surface area contributed by atoms with E-state index in [0.29, 0.717) is 16.5 Å². The summed E-state index contributed by atoms with van der Waals surface area (Å²) in [5.41, 5.74) is -1.61. The van der Waals surface area contributed by atoms with Crippen molar-refractivity contribution in [3.8, 4) is 5.69 Å². The fourth-order valence-corrected chi connectivity index (χ4v) is 2.39. The molecule has 23 heavy (non-hydrogen) atoms. The number of aromatic carboxylic acids is 1. The highest BCUT2D eigenvalue weighted by atomic mass is 35.5. The number of aromatic nitrogens is 2. The zero-order valence-electron chi connectivity index (χ0n) is 11.3. The molecule has 0 aliphatic carbocycles. The summed E-state index contributed by atoms with van der Waals surface area (Å²) >= 11 is 5.88. The molecule has 0 aliphatic rings. The molecule has 118 valence electrons. The Morgan fingerprint density at radius 2 is 1.74 bits per heavy atom. The Morgan fingerprint density at radius 3 is 2.39 bits per heavy atom. The Balaban J connectivity index is 2.19. The molecule has 1 N–H and O–H groups in total. The second-order valence-corrected chi connectivity index (χ2v) is 5.24. The van der Waals surface area contributed by atoms with Crippen LogP contribution >= 0.6 is 11.6 Å². The maximum Gasteiger partial charge on any atom is 0.435 e. The van der Waals surface area contributed by atoms with Crippen LogP contribution < -0.4 is 0 Å². The van der Waals surface area contributed by atoms with Gasteiger partial charge in [0.1, 0.15) is 0 Å². The van der Waals surface area contributed by atoms with Gasteiger partial charge in [-0.3, -0.25) is 0 Å². The Hall–Kier alpha value is -2.54. The number of nitrogens with zero attached hydrogens (tertiary/aromatic N) is 2. The van der Waals surface area contributed by atoms with Gasteiger partial charge in [-0.25, -0.2) is 9.48 Å². The summed E-state index contributed by atoms with van der Waals surface area (Å²) in [5.74, 6) is -1.50. The van der Waals surface area contributed by atoms with E-state index in [4.69, 9.17) is 16.7 Å². The lowest BCUT2D eigenvalue weighted by Gasteiger charge is -2.07. The van der Waals surface area contributed by atoms with Crippen molar-refractivity contribution in [3.63, 3.8) is 0 Å². The number of benzene rings is 2. The Labute approximate surface area is 132 Å². The first-order chi connectivity index (χ1) is 10.8. The van der Waals surface area contributed by atoms with E-state index in [1.54, 1.807) is 30.3 Å². The third kappa shape index (κ3) is 2.87. The summed E-state index contributed by atoms with van der Waals surface area (Å²) in [6.07, 6.45) is -4.72. The fourth-order valence-electron chi connectivity index (χ4n) is 2.20. The van der Waals surface area contributed by atoms with Crippen LogP contribution in [0.25, 0.3) is 16.5 Å². The SMILES string of the molecule is O=C(O)c1cc(C(F)(F)F)nn1-c1ccc2cc(Cl)ccc2c1. The van der Waals surface area contributed by atoms with Crippen LogP contribution in [0.4, 0.5) is 13.2 Å². The largest absolute Gasteiger partial charge is 0.477 e. The van der Waals surface area contributed by atoms with Crippen molar-refractivity contribution < 1.29 is 23.1 Å². The van der Waals surface area contributed by atoms with Gasteiger partial charge in [0, 0.05) is 11.1 Å². The molecule has 2 aromatic carbocycles. The number of rotatable bonds is 2. The van der Waals surface area contributed by atoms with Crippen LogP contribution in [0.15, 0.2) is 42.5 Å². The van der Waals surface area contributed by atoms with Crippen molar-refractivity contribution in [1.82, 2.24) is 9.78 Å². The minimum absolute atomic E-state index is 0.215. The number of hydrogen-bond donors (Lipinski definition) is 1. The van der Waals surface area contributed by atoms with Crippen LogP contribution in [0, 0.1) is 0 Å². The van der Waals surface area contributed by atoms with E-state index in [9.17, 15) is 18.0 Å². The zero-order valence-corrected chi connectivity index (χ0v) is 12.1. The maximum atomic E-state index is 12.8. The molecule has 0 saturated heterocycles. The third-order valence-electron chi connectivity index (χ3n) is 3.25. The average molecular weight is 341 g/mol. The third-order valence-corrected chi connectivity index (χ3v) is 3.48. The highest BCUT2D eigenvalue weighted by molar-refractivity contribution is 6.31. The predicted molar refractivity (Wildman–Crippen MR) is 78.0 cm³/mol. The Morgan fingerprint density at radius 1 is 1.09 bits per heavy atom. The van der Waals surface area contributed by atoms with Crippen molar-refractivity contribution >= 4 is 28.3 Å². The molecule has 0 amide bonds. The molecule has 4 nitrogen and oxygen atoms in total. The molecular formula is C15H8ClF3N2O2. The second-order valence-electron chi connectivity index (χ2n) is 4.81. The Bertz CT molecular complexity index is 919. The number of alkyl halides is 3. The first-order valence-electron chi connectivity index (χ1n) is 6.36. The first kappa shape index (κ1) is 15.4. The number of carboxylic acid groups (broad SMARTS) is 1. The number of carboxylic acids is 1. The monoisotopic (exact) mass is 340 g/mol. The number of fused-ring (bicyclic) bond motifs is 1. The van der Waals surface area contributed by atoms with E-state index in [1.807, 2.05) is 0 Å². The molecule has 0 saturated carbocycles. The molecule has 0 fully saturated rings. The van der Waals surface area contributed by atoms with E-state index in [-0.39, 0.29) is 5.69 Å².